The molecule has 2 rings (SSSR count). The zero-order valence-corrected chi connectivity index (χ0v) is 12.3. The van der Waals surface area contributed by atoms with Gasteiger partial charge in [-0.2, -0.15) is 11.8 Å². The van der Waals surface area contributed by atoms with Gasteiger partial charge in [0.25, 0.3) is 0 Å². The largest absolute Gasteiger partial charge is 0.388 e. The molecule has 1 aromatic rings. The van der Waals surface area contributed by atoms with Gasteiger partial charge in [0.2, 0.25) is 0 Å². The highest BCUT2D eigenvalue weighted by Gasteiger charge is 2.16. The molecule has 1 aliphatic rings. The average molecular weight is 264 g/mol. The maximum Gasteiger partial charge on any atom is 0.0880 e. The molecule has 0 spiro atoms. The van der Waals surface area contributed by atoms with E-state index in [-0.39, 0.29) is 6.10 Å². The third-order valence-corrected chi connectivity index (χ3v) is 5.12. The topological polar surface area (TPSA) is 20.2 Å². The third kappa shape index (κ3) is 4.03. The van der Waals surface area contributed by atoms with Crippen LogP contribution in [0, 0.1) is 13.8 Å². The van der Waals surface area contributed by atoms with Gasteiger partial charge in [0, 0.05) is 11.0 Å². The molecule has 100 valence electrons. The Morgan fingerprint density at radius 2 is 1.72 bits per heavy atom. The standard InChI is InChI=1S/C16H24OS/c1-12-8-13(2)10-14(9-12)16(17)11-18-15-6-4-3-5-7-15/h8-10,15-17H,3-7,11H2,1-2H3. The maximum atomic E-state index is 10.3. The molecule has 0 amide bonds. The van der Waals surface area contributed by atoms with Crippen molar-refractivity contribution in [3.8, 4) is 0 Å². The summed E-state index contributed by atoms with van der Waals surface area (Å²) in [6.07, 6.45) is 6.51. The molecule has 0 saturated heterocycles. The molecule has 0 aliphatic heterocycles. The summed E-state index contributed by atoms with van der Waals surface area (Å²) in [7, 11) is 0. The number of aliphatic hydroxyl groups excluding tert-OH is 1. The van der Waals surface area contributed by atoms with E-state index in [0.29, 0.717) is 0 Å². The van der Waals surface area contributed by atoms with Crippen LogP contribution in [0.1, 0.15) is 54.9 Å². The van der Waals surface area contributed by atoms with Gasteiger partial charge in [-0.05, 0) is 32.3 Å². The van der Waals surface area contributed by atoms with Crippen molar-refractivity contribution in [3.05, 3.63) is 34.9 Å². The predicted octanol–water partition coefficient (Wildman–Crippen LogP) is 4.40. The number of hydrogen-bond acceptors (Lipinski definition) is 2. The summed E-state index contributed by atoms with van der Waals surface area (Å²) in [5.41, 5.74) is 3.56. The van der Waals surface area contributed by atoms with Crippen LogP contribution in [-0.4, -0.2) is 16.1 Å². The quantitative estimate of drug-likeness (QED) is 0.869. The Bertz CT molecular complexity index is 362. The van der Waals surface area contributed by atoms with Crippen molar-refractivity contribution in [3.63, 3.8) is 0 Å². The molecule has 1 aromatic carbocycles. The monoisotopic (exact) mass is 264 g/mol. The summed E-state index contributed by atoms with van der Waals surface area (Å²) in [4.78, 5) is 0. The van der Waals surface area contributed by atoms with Crippen LogP contribution in [0.5, 0.6) is 0 Å². The van der Waals surface area contributed by atoms with Crippen molar-refractivity contribution in [2.75, 3.05) is 5.75 Å². The van der Waals surface area contributed by atoms with E-state index in [4.69, 9.17) is 0 Å². The fourth-order valence-electron chi connectivity index (χ4n) is 2.76. The van der Waals surface area contributed by atoms with E-state index in [2.05, 4.69) is 32.0 Å². The molecule has 1 N–H and O–H groups in total. The van der Waals surface area contributed by atoms with E-state index in [1.54, 1.807) is 0 Å². The van der Waals surface area contributed by atoms with E-state index >= 15 is 0 Å². The molecule has 2 heteroatoms. The SMILES string of the molecule is Cc1cc(C)cc(C(O)CSC2CCCCC2)c1. The van der Waals surface area contributed by atoms with Gasteiger partial charge < -0.3 is 5.11 Å². The average Bonchev–Trinajstić information content (AvgIpc) is 2.36. The number of thioether (sulfide) groups is 1. The highest BCUT2D eigenvalue weighted by Crippen LogP contribution is 2.31. The second kappa shape index (κ2) is 6.63. The third-order valence-electron chi connectivity index (χ3n) is 3.67. The second-order valence-electron chi connectivity index (χ2n) is 5.53. The normalized spacial score (nSPS) is 18.8. The van der Waals surface area contributed by atoms with Crippen LogP contribution in [0.15, 0.2) is 18.2 Å². The summed E-state index contributed by atoms with van der Waals surface area (Å²) in [5, 5.41) is 11.1. The molecule has 0 heterocycles. The first kappa shape index (κ1) is 14.0. The number of rotatable bonds is 4. The Hall–Kier alpha value is -0.470. The lowest BCUT2D eigenvalue weighted by Gasteiger charge is -2.22. The molecule has 0 radical (unpaired) electrons. The van der Waals surface area contributed by atoms with E-state index < -0.39 is 0 Å². The molecular formula is C16H24OS. The molecule has 1 aliphatic carbocycles. The summed E-state index contributed by atoms with van der Waals surface area (Å²) >= 11 is 1.96. The Morgan fingerprint density at radius 3 is 2.33 bits per heavy atom. The van der Waals surface area contributed by atoms with Gasteiger partial charge in [-0.15, -0.1) is 0 Å². The molecular weight excluding hydrogens is 240 g/mol. The first-order chi connectivity index (χ1) is 8.65. The van der Waals surface area contributed by atoms with Gasteiger partial charge in [0.05, 0.1) is 6.10 Å². The Labute approximate surface area is 115 Å². The molecule has 18 heavy (non-hydrogen) atoms. The number of benzene rings is 1. The molecule has 1 unspecified atom stereocenters. The number of hydrogen-bond donors (Lipinski definition) is 1. The molecule has 1 saturated carbocycles. The molecule has 1 nitrogen and oxygen atoms in total. The van der Waals surface area contributed by atoms with Gasteiger partial charge in [0.15, 0.2) is 0 Å². The summed E-state index contributed by atoms with van der Waals surface area (Å²) < 4.78 is 0. The highest BCUT2D eigenvalue weighted by atomic mass is 32.2. The molecule has 0 bridgehead atoms. The smallest absolute Gasteiger partial charge is 0.0880 e. The van der Waals surface area contributed by atoms with Gasteiger partial charge in [-0.3, -0.25) is 0 Å². The Balaban J connectivity index is 1.88. The molecule has 1 atom stereocenters. The fourth-order valence-corrected chi connectivity index (χ4v) is 4.07. The predicted molar refractivity (Wildman–Crippen MR) is 80.2 cm³/mol. The van der Waals surface area contributed by atoms with E-state index in [0.717, 1.165) is 16.6 Å². The first-order valence-electron chi connectivity index (χ1n) is 7.03. The van der Waals surface area contributed by atoms with Crippen molar-refractivity contribution in [1.29, 1.82) is 0 Å². The van der Waals surface area contributed by atoms with Crippen LogP contribution < -0.4 is 0 Å². The van der Waals surface area contributed by atoms with Crippen LogP contribution in [0.25, 0.3) is 0 Å². The van der Waals surface area contributed by atoms with E-state index in [1.807, 2.05) is 11.8 Å². The van der Waals surface area contributed by atoms with Crippen LogP contribution in [0.2, 0.25) is 0 Å². The lowest BCUT2D eigenvalue weighted by Crippen LogP contribution is -2.11. The minimum Gasteiger partial charge on any atom is -0.388 e. The van der Waals surface area contributed by atoms with Gasteiger partial charge in [0.1, 0.15) is 0 Å². The summed E-state index contributed by atoms with van der Waals surface area (Å²) in [5.74, 6) is 0.841. The van der Waals surface area contributed by atoms with Crippen LogP contribution in [0.3, 0.4) is 0 Å². The Kier molecular flexibility index (Phi) is 5.13. The zero-order valence-electron chi connectivity index (χ0n) is 11.5. The van der Waals surface area contributed by atoms with Crippen molar-refractivity contribution in [2.24, 2.45) is 0 Å². The second-order valence-corrected chi connectivity index (χ2v) is 6.86. The summed E-state index contributed by atoms with van der Waals surface area (Å²) in [6, 6.07) is 6.38. The molecule has 0 aromatic heterocycles. The van der Waals surface area contributed by atoms with Crippen molar-refractivity contribution in [1.82, 2.24) is 0 Å². The fraction of sp³-hybridized carbons (Fsp3) is 0.625. The number of aryl methyl sites for hydroxylation is 2. The van der Waals surface area contributed by atoms with E-state index in [1.165, 1.54) is 43.2 Å². The van der Waals surface area contributed by atoms with Crippen LogP contribution in [-0.2, 0) is 0 Å². The Morgan fingerprint density at radius 1 is 1.11 bits per heavy atom. The van der Waals surface area contributed by atoms with Gasteiger partial charge >= 0.3 is 0 Å². The lowest BCUT2D eigenvalue weighted by atomic mass is 10.0. The lowest BCUT2D eigenvalue weighted by molar-refractivity contribution is 0.203. The van der Waals surface area contributed by atoms with Gasteiger partial charge in [-0.1, -0.05) is 48.6 Å². The summed E-state index contributed by atoms with van der Waals surface area (Å²) in [6.45, 7) is 4.19. The maximum absolute atomic E-state index is 10.3. The minimum atomic E-state index is -0.310. The van der Waals surface area contributed by atoms with E-state index in [9.17, 15) is 5.11 Å². The first-order valence-corrected chi connectivity index (χ1v) is 8.08. The zero-order chi connectivity index (χ0) is 13.0. The molecule has 1 fully saturated rings. The number of aliphatic hydroxyl groups is 1. The van der Waals surface area contributed by atoms with Gasteiger partial charge in [-0.25, -0.2) is 0 Å². The van der Waals surface area contributed by atoms with Crippen molar-refractivity contribution in [2.45, 2.75) is 57.3 Å². The van der Waals surface area contributed by atoms with Crippen LogP contribution in [0.4, 0.5) is 0 Å². The van der Waals surface area contributed by atoms with Crippen molar-refractivity contribution >= 4 is 11.8 Å². The van der Waals surface area contributed by atoms with Crippen LogP contribution >= 0.6 is 11.8 Å². The highest BCUT2D eigenvalue weighted by molar-refractivity contribution is 7.99. The minimum absolute atomic E-state index is 0.310. The van der Waals surface area contributed by atoms with Crippen molar-refractivity contribution < 1.29 is 5.11 Å².